The summed E-state index contributed by atoms with van der Waals surface area (Å²) in [6, 6.07) is 2.23. The van der Waals surface area contributed by atoms with Crippen LogP contribution in [0.25, 0.3) is 0 Å². The first-order chi connectivity index (χ1) is 7.81. The van der Waals surface area contributed by atoms with Crippen LogP contribution in [-0.4, -0.2) is 11.9 Å². The topological polar surface area (TPSA) is 52.9 Å². The fourth-order valence-corrected chi connectivity index (χ4v) is 3.99. The van der Waals surface area contributed by atoms with Gasteiger partial charge in [0.15, 0.2) is 0 Å². The van der Waals surface area contributed by atoms with Gasteiger partial charge in [-0.1, -0.05) is 20.8 Å². The van der Waals surface area contributed by atoms with E-state index in [0.29, 0.717) is 0 Å². The quantitative estimate of drug-likeness (QED) is 0.798. The molecule has 4 atom stereocenters. The summed E-state index contributed by atoms with van der Waals surface area (Å²) >= 11 is 0. The maximum atomic E-state index is 11.9. The molecule has 0 aromatic heterocycles. The normalized spacial score (nSPS) is 39.7. The van der Waals surface area contributed by atoms with Crippen LogP contribution in [0.15, 0.2) is 0 Å². The number of hydrogen-bond donors (Lipinski definition) is 1. The zero-order valence-electron chi connectivity index (χ0n) is 11.2. The molecule has 94 valence electrons. The van der Waals surface area contributed by atoms with Crippen LogP contribution < -0.4 is 5.32 Å². The maximum Gasteiger partial charge on any atom is 0.237 e. The molecule has 3 nitrogen and oxygen atoms in total. The largest absolute Gasteiger partial charge is 0.351 e. The van der Waals surface area contributed by atoms with Gasteiger partial charge in [0.1, 0.15) is 5.92 Å². The van der Waals surface area contributed by atoms with Crippen molar-refractivity contribution in [1.29, 1.82) is 5.26 Å². The average Bonchev–Trinajstić information content (AvgIpc) is 2.74. The molecule has 0 aromatic carbocycles. The molecule has 3 heteroatoms. The molecule has 0 aliphatic heterocycles. The third kappa shape index (κ3) is 1.74. The fraction of sp³-hybridized carbons (Fsp3) is 0.857. The van der Waals surface area contributed by atoms with Crippen molar-refractivity contribution in [2.24, 2.45) is 22.7 Å². The number of carbonyl (C=O) groups excluding carboxylic acids is 1. The van der Waals surface area contributed by atoms with Gasteiger partial charge in [0.05, 0.1) is 6.07 Å². The summed E-state index contributed by atoms with van der Waals surface area (Å²) in [5.74, 6) is 0.0584. The Bertz CT molecular complexity index is 377. The molecule has 0 radical (unpaired) electrons. The van der Waals surface area contributed by atoms with Crippen LogP contribution in [-0.2, 0) is 4.79 Å². The number of amides is 1. The van der Waals surface area contributed by atoms with Crippen molar-refractivity contribution in [3.8, 4) is 6.07 Å². The molecule has 1 amide bonds. The van der Waals surface area contributed by atoms with E-state index in [1.165, 1.54) is 19.3 Å². The van der Waals surface area contributed by atoms with Gasteiger partial charge in [-0.25, -0.2) is 0 Å². The third-order valence-electron chi connectivity index (χ3n) is 5.14. The van der Waals surface area contributed by atoms with Crippen LogP contribution in [0, 0.1) is 34.0 Å². The SMILES string of the molecule is CC(C#N)C(=O)NC1C2(C)CCC(C2)C1(C)C. The first-order valence-corrected chi connectivity index (χ1v) is 6.51. The Labute approximate surface area is 104 Å². The van der Waals surface area contributed by atoms with Gasteiger partial charge in [-0.2, -0.15) is 5.26 Å². The Hall–Kier alpha value is -1.04. The average molecular weight is 234 g/mol. The van der Waals surface area contributed by atoms with E-state index in [2.05, 4.69) is 26.1 Å². The summed E-state index contributed by atoms with van der Waals surface area (Å²) < 4.78 is 0. The number of carbonyl (C=O) groups is 1. The second-order valence-electron chi connectivity index (χ2n) is 6.71. The number of nitriles is 1. The van der Waals surface area contributed by atoms with E-state index in [-0.39, 0.29) is 22.8 Å². The maximum absolute atomic E-state index is 11.9. The summed E-state index contributed by atoms with van der Waals surface area (Å²) in [4.78, 5) is 11.9. The Morgan fingerprint density at radius 3 is 2.59 bits per heavy atom. The van der Waals surface area contributed by atoms with E-state index in [9.17, 15) is 4.79 Å². The zero-order chi connectivity index (χ0) is 12.8. The van der Waals surface area contributed by atoms with Gasteiger partial charge in [0.25, 0.3) is 0 Å². The summed E-state index contributed by atoms with van der Waals surface area (Å²) in [7, 11) is 0. The minimum Gasteiger partial charge on any atom is -0.351 e. The van der Waals surface area contributed by atoms with Crippen molar-refractivity contribution in [1.82, 2.24) is 5.32 Å². The van der Waals surface area contributed by atoms with Crippen molar-refractivity contribution in [3.05, 3.63) is 0 Å². The minimum absolute atomic E-state index is 0.112. The first-order valence-electron chi connectivity index (χ1n) is 6.51. The second-order valence-corrected chi connectivity index (χ2v) is 6.71. The fourth-order valence-electron chi connectivity index (χ4n) is 3.99. The molecule has 2 aliphatic rings. The van der Waals surface area contributed by atoms with Crippen LogP contribution >= 0.6 is 0 Å². The lowest BCUT2D eigenvalue weighted by Crippen LogP contribution is -2.53. The lowest BCUT2D eigenvalue weighted by Gasteiger charge is -2.43. The van der Waals surface area contributed by atoms with Crippen molar-refractivity contribution in [2.75, 3.05) is 0 Å². The van der Waals surface area contributed by atoms with E-state index < -0.39 is 5.92 Å². The predicted octanol–water partition coefficient (Wildman–Crippen LogP) is 2.48. The van der Waals surface area contributed by atoms with Gasteiger partial charge in [-0.15, -0.1) is 0 Å². The van der Waals surface area contributed by atoms with E-state index in [1.54, 1.807) is 6.92 Å². The van der Waals surface area contributed by atoms with Crippen LogP contribution in [0.4, 0.5) is 0 Å². The van der Waals surface area contributed by atoms with Gasteiger partial charge in [-0.05, 0) is 42.9 Å². The lowest BCUT2D eigenvalue weighted by molar-refractivity contribution is -0.125. The number of fused-ring (bicyclic) bond motifs is 2. The molecule has 0 heterocycles. The molecule has 2 bridgehead atoms. The second kappa shape index (κ2) is 3.73. The van der Waals surface area contributed by atoms with Gasteiger partial charge >= 0.3 is 0 Å². The Balaban J connectivity index is 2.16. The monoisotopic (exact) mass is 234 g/mol. The zero-order valence-corrected chi connectivity index (χ0v) is 11.2. The Morgan fingerprint density at radius 2 is 2.12 bits per heavy atom. The molecule has 2 saturated carbocycles. The van der Waals surface area contributed by atoms with Gasteiger partial charge in [0.2, 0.25) is 5.91 Å². The summed E-state index contributed by atoms with van der Waals surface area (Å²) in [6.45, 7) is 8.45. The summed E-state index contributed by atoms with van der Waals surface area (Å²) in [5.41, 5.74) is 0.400. The number of nitrogens with zero attached hydrogens (tertiary/aromatic N) is 1. The van der Waals surface area contributed by atoms with Crippen LogP contribution in [0.5, 0.6) is 0 Å². The van der Waals surface area contributed by atoms with E-state index >= 15 is 0 Å². The highest BCUT2D eigenvalue weighted by atomic mass is 16.1. The number of nitrogens with one attached hydrogen (secondary N) is 1. The predicted molar refractivity (Wildman–Crippen MR) is 65.9 cm³/mol. The molecule has 4 unspecified atom stereocenters. The van der Waals surface area contributed by atoms with Crippen molar-refractivity contribution in [2.45, 2.75) is 53.0 Å². The number of rotatable bonds is 2. The van der Waals surface area contributed by atoms with Crippen LogP contribution in [0.2, 0.25) is 0 Å². The Kier molecular flexibility index (Phi) is 2.72. The van der Waals surface area contributed by atoms with Gasteiger partial charge < -0.3 is 5.32 Å². The molecule has 0 aromatic rings. The van der Waals surface area contributed by atoms with Crippen molar-refractivity contribution in [3.63, 3.8) is 0 Å². The molecule has 2 rings (SSSR count). The highest BCUT2D eigenvalue weighted by Crippen LogP contribution is 2.62. The van der Waals surface area contributed by atoms with Crippen molar-refractivity contribution >= 4 is 5.91 Å². The standard InChI is InChI=1S/C14H22N2O/c1-9(8-15)11(17)16-12-13(2,3)10-5-6-14(12,4)7-10/h9-10,12H,5-7H2,1-4H3,(H,16,17). The molecule has 2 fully saturated rings. The van der Waals surface area contributed by atoms with E-state index in [1.807, 2.05) is 6.07 Å². The first kappa shape index (κ1) is 12.4. The smallest absolute Gasteiger partial charge is 0.237 e. The molecule has 2 aliphatic carbocycles. The van der Waals surface area contributed by atoms with Crippen molar-refractivity contribution < 1.29 is 4.79 Å². The van der Waals surface area contributed by atoms with Crippen LogP contribution in [0.1, 0.15) is 47.0 Å². The minimum atomic E-state index is -0.548. The highest BCUT2D eigenvalue weighted by Gasteiger charge is 2.59. The molecule has 0 saturated heterocycles. The van der Waals surface area contributed by atoms with Gasteiger partial charge in [0, 0.05) is 6.04 Å². The summed E-state index contributed by atoms with van der Waals surface area (Å²) in [5, 5.41) is 11.9. The molecule has 0 spiro atoms. The third-order valence-corrected chi connectivity index (χ3v) is 5.14. The number of hydrogen-bond acceptors (Lipinski definition) is 2. The van der Waals surface area contributed by atoms with E-state index in [0.717, 1.165) is 5.92 Å². The summed E-state index contributed by atoms with van der Waals surface area (Å²) in [6.07, 6.45) is 3.70. The molecule has 1 N–H and O–H groups in total. The molecule has 17 heavy (non-hydrogen) atoms. The van der Waals surface area contributed by atoms with E-state index in [4.69, 9.17) is 5.26 Å². The molecular formula is C14H22N2O. The highest BCUT2D eigenvalue weighted by molar-refractivity contribution is 5.81. The Morgan fingerprint density at radius 1 is 1.47 bits per heavy atom. The van der Waals surface area contributed by atoms with Gasteiger partial charge in [-0.3, -0.25) is 4.79 Å². The lowest BCUT2D eigenvalue weighted by atomic mass is 9.68. The van der Waals surface area contributed by atoms with Crippen LogP contribution in [0.3, 0.4) is 0 Å². The molecular weight excluding hydrogens is 212 g/mol.